The Kier molecular flexibility index (Phi) is 26.6. The minimum atomic E-state index is 0. The Bertz CT molecular complexity index is 218. The van der Waals surface area contributed by atoms with Gasteiger partial charge in [-0.1, -0.05) is 130 Å². The maximum absolute atomic E-state index is 3.50. The second kappa shape index (κ2) is 24.2. The van der Waals surface area contributed by atoms with Crippen LogP contribution in [-0.2, 0) is 0 Å². The summed E-state index contributed by atoms with van der Waals surface area (Å²) >= 11 is 0. The summed E-state index contributed by atoms with van der Waals surface area (Å²) in [5.41, 5.74) is 0. The minimum absolute atomic E-state index is 0. The van der Waals surface area contributed by atoms with E-state index < -0.39 is 0 Å². The summed E-state index contributed by atoms with van der Waals surface area (Å²) in [6, 6.07) is 0.649. The molecule has 0 aromatic carbocycles. The molecule has 154 valence electrons. The smallest absolute Gasteiger partial charge is 0.00103 e. The Morgan fingerprint density at radius 3 is 1.04 bits per heavy atom. The van der Waals surface area contributed by atoms with Gasteiger partial charge < -0.3 is 5.32 Å². The molecule has 0 aromatic rings. The van der Waals surface area contributed by atoms with Gasteiger partial charge in [-0.2, -0.15) is 0 Å². The van der Waals surface area contributed by atoms with E-state index in [0.717, 1.165) is 0 Å². The van der Waals surface area contributed by atoms with Crippen LogP contribution in [0, 0.1) is 0 Å². The fourth-order valence-electron chi connectivity index (χ4n) is 3.42. The van der Waals surface area contributed by atoms with Crippen molar-refractivity contribution in [3.8, 4) is 0 Å². The average Bonchev–Trinajstić information content (AvgIpc) is 2.56. The van der Waals surface area contributed by atoms with Gasteiger partial charge in [-0.3, -0.25) is 0 Å². The summed E-state index contributed by atoms with van der Waals surface area (Å²) < 4.78 is 0. The molecule has 2 heteroatoms. The molecule has 0 aliphatic carbocycles. The summed E-state index contributed by atoms with van der Waals surface area (Å²) in [6.45, 7) is 7.96. The van der Waals surface area contributed by atoms with Crippen LogP contribution in [0.1, 0.15) is 136 Å². The van der Waals surface area contributed by atoms with E-state index in [-0.39, 0.29) is 12.4 Å². The summed E-state index contributed by atoms with van der Waals surface area (Å²) in [5, 5.41) is 3.50. The highest BCUT2D eigenvalue weighted by Crippen LogP contribution is 2.14. The second-order valence-corrected chi connectivity index (χ2v) is 8.12. The summed E-state index contributed by atoms with van der Waals surface area (Å²) in [4.78, 5) is 0. The number of hydrogen-bond donors (Lipinski definition) is 1. The Morgan fingerprint density at radius 2 is 0.760 bits per heavy atom. The van der Waals surface area contributed by atoms with Gasteiger partial charge in [-0.15, -0.1) is 12.4 Å². The van der Waals surface area contributed by atoms with Crippen molar-refractivity contribution < 1.29 is 0 Å². The molecule has 0 aromatic heterocycles. The highest BCUT2D eigenvalue weighted by molar-refractivity contribution is 5.85. The zero-order chi connectivity index (χ0) is 17.7. The highest BCUT2D eigenvalue weighted by atomic mass is 35.5. The fraction of sp³-hybridized carbons (Fsp3) is 1.00. The lowest BCUT2D eigenvalue weighted by Crippen LogP contribution is -2.23. The largest absolute Gasteiger partial charge is 0.315 e. The van der Waals surface area contributed by atoms with Crippen molar-refractivity contribution >= 4 is 12.4 Å². The molecule has 0 saturated heterocycles. The first-order valence-corrected chi connectivity index (χ1v) is 11.5. The topological polar surface area (TPSA) is 12.0 Å². The Labute approximate surface area is 166 Å². The summed E-state index contributed by atoms with van der Waals surface area (Å²) in [7, 11) is 0. The van der Waals surface area contributed by atoms with Crippen LogP contribution in [0.2, 0.25) is 0 Å². The van der Waals surface area contributed by atoms with E-state index in [9.17, 15) is 0 Å². The molecule has 0 unspecified atom stereocenters. The molecule has 0 atom stereocenters. The van der Waals surface area contributed by atoms with Gasteiger partial charge in [0, 0.05) is 6.04 Å². The van der Waals surface area contributed by atoms with Gasteiger partial charge in [-0.05, 0) is 13.0 Å². The van der Waals surface area contributed by atoms with E-state index >= 15 is 0 Å². The molecule has 0 aliphatic rings. The standard InChI is InChI=1S/C23H49N.ClH/c1-4-5-6-7-8-9-10-11-12-13-14-15-16-17-18-19-20-21-22-24-23(2)3;/h23-24H,4-22H2,1-3H3;1H. The van der Waals surface area contributed by atoms with Gasteiger partial charge in [0.15, 0.2) is 0 Å². The van der Waals surface area contributed by atoms with Crippen LogP contribution in [0.5, 0.6) is 0 Å². The van der Waals surface area contributed by atoms with Crippen LogP contribution in [0.3, 0.4) is 0 Å². The van der Waals surface area contributed by atoms with E-state index in [1.807, 2.05) is 0 Å². The zero-order valence-corrected chi connectivity index (χ0v) is 18.7. The lowest BCUT2D eigenvalue weighted by molar-refractivity contribution is 0.514. The molecular formula is C23H50ClN. The minimum Gasteiger partial charge on any atom is -0.315 e. The summed E-state index contributed by atoms with van der Waals surface area (Å²) in [5.74, 6) is 0. The van der Waals surface area contributed by atoms with Gasteiger partial charge in [0.2, 0.25) is 0 Å². The van der Waals surface area contributed by atoms with E-state index in [2.05, 4.69) is 26.1 Å². The normalized spacial score (nSPS) is 11.0. The number of rotatable bonds is 20. The first-order valence-electron chi connectivity index (χ1n) is 11.5. The van der Waals surface area contributed by atoms with Crippen molar-refractivity contribution in [2.75, 3.05) is 6.54 Å². The van der Waals surface area contributed by atoms with Gasteiger partial charge >= 0.3 is 0 Å². The Balaban J connectivity index is 0. The SMILES string of the molecule is CCCCCCCCCCCCCCCCCCCCNC(C)C.Cl. The third-order valence-electron chi connectivity index (χ3n) is 5.08. The molecule has 0 spiro atoms. The number of unbranched alkanes of at least 4 members (excludes halogenated alkanes) is 17. The van der Waals surface area contributed by atoms with Crippen LogP contribution in [0.4, 0.5) is 0 Å². The van der Waals surface area contributed by atoms with E-state index in [0.29, 0.717) is 6.04 Å². The third-order valence-corrected chi connectivity index (χ3v) is 5.08. The molecule has 0 radical (unpaired) electrons. The van der Waals surface area contributed by atoms with Gasteiger partial charge in [-0.25, -0.2) is 0 Å². The van der Waals surface area contributed by atoms with Crippen molar-refractivity contribution in [3.63, 3.8) is 0 Å². The fourth-order valence-corrected chi connectivity index (χ4v) is 3.42. The molecule has 0 bridgehead atoms. The Hall–Kier alpha value is 0.250. The van der Waals surface area contributed by atoms with Crippen LogP contribution in [0.15, 0.2) is 0 Å². The number of halogens is 1. The molecule has 0 heterocycles. The van der Waals surface area contributed by atoms with Crippen LogP contribution >= 0.6 is 12.4 Å². The number of hydrogen-bond acceptors (Lipinski definition) is 1. The first-order chi connectivity index (χ1) is 11.8. The van der Waals surface area contributed by atoms with Crippen LogP contribution in [-0.4, -0.2) is 12.6 Å². The van der Waals surface area contributed by atoms with E-state index in [1.54, 1.807) is 0 Å². The van der Waals surface area contributed by atoms with Crippen molar-refractivity contribution in [1.29, 1.82) is 0 Å². The number of nitrogens with one attached hydrogen (secondary N) is 1. The van der Waals surface area contributed by atoms with E-state index in [4.69, 9.17) is 0 Å². The van der Waals surface area contributed by atoms with Gasteiger partial charge in [0.25, 0.3) is 0 Å². The molecular weight excluding hydrogens is 326 g/mol. The first kappa shape index (κ1) is 27.5. The molecule has 0 fully saturated rings. The lowest BCUT2D eigenvalue weighted by Gasteiger charge is -2.07. The lowest BCUT2D eigenvalue weighted by atomic mass is 10.0. The maximum atomic E-state index is 3.50. The molecule has 1 nitrogen and oxygen atoms in total. The molecule has 0 aliphatic heterocycles. The van der Waals surface area contributed by atoms with Crippen molar-refractivity contribution in [2.24, 2.45) is 0 Å². The van der Waals surface area contributed by atoms with Crippen molar-refractivity contribution in [2.45, 2.75) is 142 Å². The van der Waals surface area contributed by atoms with Crippen molar-refractivity contribution in [3.05, 3.63) is 0 Å². The third kappa shape index (κ3) is 26.6. The monoisotopic (exact) mass is 375 g/mol. The van der Waals surface area contributed by atoms with Crippen LogP contribution < -0.4 is 5.32 Å². The zero-order valence-electron chi connectivity index (χ0n) is 17.9. The molecule has 0 saturated carbocycles. The quantitative estimate of drug-likeness (QED) is 0.210. The molecule has 25 heavy (non-hydrogen) atoms. The second-order valence-electron chi connectivity index (χ2n) is 8.12. The maximum Gasteiger partial charge on any atom is 0.00103 e. The highest BCUT2D eigenvalue weighted by Gasteiger charge is 1.95. The average molecular weight is 376 g/mol. The van der Waals surface area contributed by atoms with Crippen molar-refractivity contribution in [1.82, 2.24) is 5.32 Å². The van der Waals surface area contributed by atoms with Gasteiger partial charge in [0.1, 0.15) is 0 Å². The predicted molar refractivity (Wildman–Crippen MR) is 119 cm³/mol. The molecule has 1 N–H and O–H groups in total. The Morgan fingerprint density at radius 1 is 0.480 bits per heavy atom. The summed E-state index contributed by atoms with van der Waals surface area (Å²) in [6.07, 6.45) is 26.2. The molecule has 0 rings (SSSR count). The van der Waals surface area contributed by atoms with Gasteiger partial charge in [0.05, 0.1) is 0 Å². The predicted octanol–water partition coefficient (Wildman–Crippen LogP) is 8.45. The van der Waals surface area contributed by atoms with E-state index in [1.165, 1.54) is 122 Å². The molecule has 0 amide bonds. The van der Waals surface area contributed by atoms with Crippen LogP contribution in [0.25, 0.3) is 0 Å².